The Morgan fingerprint density at radius 1 is 1.32 bits per heavy atom. The number of aryl methyl sites for hydroxylation is 2. The van der Waals surface area contributed by atoms with Gasteiger partial charge in [0.2, 0.25) is 5.91 Å². The first kappa shape index (κ1) is 13.9. The third-order valence-corrected chi connectivity index (χ3v) is 3.98. The van der Waals surface area contributed by atoms with Crippen molar-refractivity contribution in [3.63, 3.8) is 0 Å². The Labute approximate surface area is 114 Å². The first-order valence-electron chi connectivity index (χ1n) is 6.56. The zero-order valence-electron chi connectivity index (χ0n) is 12.4. The Morgan fingerprint density at radius 2 is 1.95 bits per heavy atom. The lowest BCUT2D eigenvalue weighted by Gasteiger charge is -2.46. The van der Waals surface area contributed by atoms with Crippen molar-refractivity contribution in [2.24, 2.45) is 12.8 Å². The minimum absolute atomic E-state index is 0.126. The standard InChI is InChI=1S/C13H23N5O/c1-9-10(8-14)11(17(5)15-9)18-7-6-16(4)12(19)13(18,2)3/h6-8,14H2,1-5H3. The number of likely N-dealkylation sites (N-methyl/N-ethyl adjacent to an activating group) is 1. The van der Waals surface area contributed by atoms with Crippen LogP contribution in [0, 0.1) is 6.92 Å². The lowest BCUT2D eigenvalue weighted by molar-refractivity contribution is -0.136. The predicted octanol–water partition coefficient (Wildman–Crippen LogP) is 0.244. The number of hydrogen-bond donors (Lipinski definition) is 1. The Kier molecular flexibility index (Phi) is 3.30. The number of piperazine rings is 1. The highest BCUT2D eigenvalue weighted by Crippen LogP contribution is 2.32. The molecule has 2 heterocycles. The van der Waals surface area contributed by atoms with Crippen molar-refractivity contribution in [3.05, 3.63) is 11.3 Å². The van der Waals surface area contributed by atoms with E-state index in [0.29, 0.717) is 6.54 Å². The molecule has 106 valence electrons. The summed E-state index contributed by atoms with van der Waals surface area (Å²) in [6, 6.07) is 0. The summed E-state index contributed by atoms with van der Waals surface area (Å²) >= 11 is 0. The molecule has 1 fully saturated rings. The zero-order valence-corrected chi connectivity index (χ0v) is 12.4. The molecule has 6 nitrogen and oxygen atoms in total. The maximum Gasteiger partial charge on any atom is 0.247 e. The highest BCUT2D eigenvalue weighted by molar-refractivity contribution is 5.90. The highest BCUT2D eigenvalue weighted by Gasteiger charge is 2.42. The van der Waals surface area contributed by atoms with Gasteiger partial charge in [-0.1, -0.05) is 0 Å². The number of carbonyl (C=O) groups excluding carboxylic acids is 1. The Morgan fingerprint density at radius 3 is 2.53 bits per heavy atom. The summed E-state index contributed by atoms with van der Waals surface area (Å²) in [4.78, 5) is 16.3. The molecule has 6 heteroatoms. The van der Waals surface area contributed by atoms with E-state index < -0.39 is 5.54 Å². The topological polar surface area (TPSA) is 67.4 Å². The Balaban J connectivity index is 2.50. The lowest BCUT2D eigenvalue weighted by Crippen LogP contribution is -2.63. The molecule has 2 N–H and O–H groups in total. The van der Waals surface area contributed by atoms with E-state index in [9.17, 15) is 4.79 Å². The average Bonchev–Trinajstić information content (AvgIpc) is 2.61. The van der Waals surface area contributed by atoms with Crippen molar-refractivity contribution in [1.82, 2.24) is 14.7 Å². The van der Waals surface area contributed by atoms with E-state index in [-0.39, 0.29) is 5.91 Å². The number of anilines is 1. The van der Waals surface area contributed by atoms with Crippen LogP contribution >= 0.6 is 0 Å². The third kappa shape index (κ3) is 2.00. The number of carbonyl (C=O) groups is 1. The van der Waals surface area contributed by atoms with E-state index >= 15 is 0 Å². The van der Waals surface area contributed by atoms with Crippen LogP contribution in [0.25, 0.3) is 0 Å². The van der Waals surface area contributed by atoms with E-state index in [1.165, 1.54) is 0 Å². The summed E-state index contributed by atoms with van der Waals surface area (Å²) in [6.07, 6.45) is 0. The molecule has 1 aromatic heterocycles. The van der Waals surface area contributed by atoms with Gasteiger partial charge < -0.3 is 15.5 Å². The van der Waals surface area contributed by atoms with Crippen molar-refractivity contribution in [2.45, 2.75) is 32.9 Å². The van der Waals surface area contributed by atoms with Gasteiger partial charge in [0, 0.05) is 39.3 Å². The van der Waals surface area contributed by atoms with Crippen LogP contribution in [-0.4, -0.2) is 46.3 Å². The van der Waals surface area contributed by atoms with Gasteiger partial charge in [-0.2, -0.15) is 5.10 Å². The second-order valence-electron chi connectivity index (χ2n) is 5.65. The minimum Gasteiger partial charge on any atom is -0.342 e. The summed E-state index contributed by atoms with van der Waals surface area (Å²) in [6.45, 7) is 7.81. The lowest BCUT2D eigenvalue weighted by atomic mass is 9.97. The third-order valence-electron chi connectivity index (χ3n) is 3.98. The van der Waals surface area contributed by atoms with Gasteiger partial charge in [0.15, 0.2) is 0 Å². The SMILES string of the molecule is Cc1nn(C)c(N2CCN(C)C(=O)C2(C)C)c1CN. The van der Waals surface area contributed by atoms with Gasteiger partial charge in [-0.15, -0.1) is 0 Å². The molecule has 0 spiro atoms. The fraction of sp³-hybridized carbons (Fsp3) is 0.692. The number of hydrogen-bond acceptors (Lipinski definition) is 4. The van der Waals surface area contributed by atoms with Crippen LogP contribution in [0.15, 0.2) is 0 Å². The van der Waals surface area contributed by atoms with E-state index in [1.807, 2.05) is 39.5 Å². The number of nitrogens with two attached hydrogens (primary N) is 1. The molecule has 19 heavy (non-hydrogen) atoms. The number of amides is 1. The Hall–Kier alpha value is -1.56. The number of nitrogens with zero attached hydrogens (tertiary/aromatic N) is 4. The average molecular weight is 265 g/mol. The van der Waals surface area contributed by atoms with Gasteiger partial charge in [-0.25, -0.2) is 0 Å². The van der Waals surface area contributed by atoms with E-state index in [4.69, 9.17) is 5.73 Å². The molecule has 0 bridgehead atoms. The van der Waals surface area contributed by atoms with E-state index in [0.717, 1.165) is 30.2 Å². The summed E-state index contributed by atoms with van der Waals surface area (Å²) in [5, 5.41) is 4.44. The van der Waals surface area contributed by atoms with Gasteiger partial charge in [0.05, 0.1) is 5.69 Å². The van der Waals surface area contributed by atoms with Crippen molar-refractivity contribution >= 4 is 11.7 Å². The van der Waals surface area contributed by atoms with Crippen LogP contribution < -0.4 is 10.6 Å². The molecule has 0 unspecified atom stereocenters. The van der Waals surface area contributed by atoms with Crippen molar-refractivity contribution in [1.29, 1.82) is 0 Å². The van der Waals surface area contributed by atoms with Gasteiger partial charge in [0.1, 0.15) is 11.4 Å². The van der Waals surface area contributed by atoms with Gasteiger partial charge in [0.25, 0.3) is 0 Å². The summed E-state index contributed by atoms with van der Waals surface area (Å²) < 4.78 is 1.83. The molecule has 0 atom stereocenters. The molecule has 0 aromatic carbocycles. The van der Waals surface area contributed by atoms with Crippen LogP contribution in [0.4, 0.5) is 5.82 Å². The largest absolute Gasteiger partial charge is 0.342 e. The molecule has 1 saturated heterocycles. The molecule has 0 radical (unpaired) electrons. The Bertz CT molecular complexity index is 505. The summed E-state index contributed by atoms with van der Waals surface area (Å²) in [7, 11) is 3.75. The molecule has 0 aliphatic carbocycles. The fourth-order valence-electron chi connectivity index (χ4n) is 2.85. The normalized spacial score (nSPS) is 19.2. The molecule has 1 aliphatic heterocycles. The van der Waals surface area contributed by atoms with Crippen LogP contribution in [0.1, 0.15) is 25.1 Å². The monoisotopic (exact) mass is 265 g/mol. The van der Waals surface area contributed by atoms with Gasteiger partial charge in [-0.05, 0) is 20.8 Å². The van der Waals surface area contributed by atoms with Gasteiger partial charge >= 0.3 is 0 Å². The van der Waals surface area contributed by atoms with E-state index in [2.05, 4.69) is 10.00 Å². The van der Waals surface area contributed by atoms with Crippen LogP contribution in [0.3, 0.4) is 0 Å². The number of rotatable bonds is 2. The first-order valence-corrected chi connectivity index (χ1v) is 6.56. The van der Waals surface area contributed by atoms with Crippen molar-refractivity contribution < 1.29 is 4.79 Å². The molecular formula is C13H23N5O. The van der Waals surface area contributed by atoms with Crippen molar-refractivity contribution in [2.75, 3.05) is 25.0 Å². The summed E-state index contributed by atoms with van der Waals surface area (Å²) in [5.74, 6) is 1.09. The quantitative estimate of drug-likeness (QED) is 0.832. The van der Waals surface area contributed by atoms with Crippen molar-refractivity contribution in [3.8, 4) is 0 Å². The molecular weight excluding hydrogens is 242 g/mol. The minimum atomic E-state index is -0.572. The maximum absolute atomic E-state index is 12.4. The molecule has 2 rings (SSSR count). The van der Waals surface area contributed by atoms with Crippen LogP contribution in [0.2, 0.25) is 0 Å². The van der Waals surface area contributed by atoms with Gasteiger partial charge in [-0.3, -0.25) is 9.48 Å². The zero-order chi connectivity index (χ0) is 14.4. The van der Waals surface area contributed by atoms with Crippen LogP contribution in [-0.2, 0) is 18.4 Å². The molecule has 1 amide bonds. The molecule has 0 saturated carbocycles. The fourth-order valence-corrected chi connectivity index (χ4v) is 2.85. The smallest absolute Gasteiger partial charge is 0.247 e. The maximum atomic E-state index is 12.4. The predicted molar refractivity (Wildman–Crippen MR) is 74.9 cm³/mol. The van der Waals surface area contributed by atoms with E-state index in [1.54, 1.807) is 4.90 Å². The van der Waals surface area contributed by atoms with Crippen LogP contribution in [0.5, 0.6) is 0 Å². The summed E-state index contributed by atoms with van der Waals surface area (Å²) in [5.41, 5.74) is 7.23. The molecule has 1 aromatic rings. The second kappa shape index (κ2) is 4.52. The first-order chi connectivity index (χ1) is 8.80. The second-order valence-corrected chi connectivity index (χ2v) is 5.65. The number of aromatic nitrogens is 2. The molecule has 1 aliphatic rings. The highest BCUT2D eigenvalue weighted by atomic mass is 16.2.